The average molecular weight is 314 g/mol. The molecule has 2 fully saturated rings. The van der Waals surface area contributed by atoms with Crippen molar-refractivity contribution in [3.05, 3.63) is 29.3 Å². The molecule has 2 N–H and O–H groups in total. The molecule has 0 spiro atoms. The molecular formula is C19H26N2O2. The first kappa shape index (κ1) is 15.0. The molecule has 1 aliphatic carbocycles. The van der Waals surface area contributed by atoms with E-state index < -0.39 is 0 Å². The van der Waals surface area contributed by atoms with Crippen LogP contribution in [0.5, 0.6) is 5.75 Å². The van der Waals surface area contributed by atoms with Gasteiger partial charge in [-0.15, -0.1) is 0 Å². The van der Waals surface area contributed by atoms with Gasteiger partial charge in [-0.1, -0.05) is 19.1 Å². The minimum atomic E-state index is 0.225. The summed E-state index contributed by atoms with van der Waals surface area (Å²) in [5.41, 5.74) is 2.68. The van der Waals surface area contributed by atoms with Gasteiger partial charge in [0.1, 0.15) is 5.75 Å². The van der Waals surface area contributed by atoms with Gasteiger partial charge in [0.05, 0.1) is 6.61 Å². The predicted octanol–water partition coefficient (Wildman–Crippen LogP) is 2.72. The van der Waals surface area contributed by atoms with Crippen molar-refractivity contribution in [1.82, 2.24) is 10.6 Å². The van der Waals surface area contributed by atoms with Crippen molar-refractivity contribution in [3.8, 4) is 5.75 Å². The molecule has 2 heterocycles. The molecule has 0 unspecified atom stereocenters. The number of hydrogen-bond acceptors (Lipinski definition) is 3. The third-order valence-corrected chi connectivity index (χ3v) is 5.51. The average Bonchev–Trinajstić information content (AvgIpc) is 3.30. The van der Waals surface area contributed by atoms with Crippen molar-refractivity contribution >= 4 is 5.91 Å². The Balaban J connectivity index is 1.49. The van der Waals surface area contributed by atoms with Crippen LogP contribution in [0.25, 0.3) is 0 Å². The number of nitrogens with one attached hydrogen (secondary N) is 2. The zero-order valence-electron chi connectivity index (χ0n) is 13.8. The van der Waals surface area contributed by atoms with Gasteiger partial charge in [-0.3, -0.25) is 4.79 Å². The zero-order chi connectivity index (χ0) is 15.8. The summed E-state index contributed by atoms with van der Waals surface area (Å²) in [4.78, 5) is 11.8. The Morgan fingerprint density at radius 1 is 1.30 bits per heavy atom. The number of benzene rings is 1. The molecule has 4 rings (SSSR count). The molecule has 23 heavy (non-hydrogen) atoms. The van der Waals surface area contributed by atoms with Crippen LogP contribution in [0, 0.1) is 5.92 Å². The second-order valence-electron chi connectivity index (χ2n) is 7.17. The molecule has 1 aromatic rings. The lowest BCUT2D eigenvalue weighted by molar-refractivity contribution is -0.124. The third kappa shape index (κ3) is 3.09. The fraction of sp³-hybridized carbons (Fsp3) is 0.632. The molecule has 4 heteroatoms. The summed E-state index contributed by atoms with van der Waals surface area (Å²) in [5, 5.41) is 7.08. The molecule has 0 bridgehead atoms. The number of carbonyl (C=O) groups excluding carboxylic acids is 1. The van der Waals surface area contributed by atoms with Crippen LogP contribution in [0.1, 0.15) is 56.2 Å². The van der Waals surface area contributed by atoms with E-state index in [0.717, 1.165) is 31.6 Å². The summed E-state index contributed by atoms with van der Waals surface area (Å²) in [6.07, 6.45) is 6.20. The van der Waals surface area contributed by atoms with Crippen molar-refractivity contribution < 1.29 is 9.53 Å². The second kappa shape index (κ2) is 6.16. The van der Waals surface area contributed by atoms with Gasteiger partial charge in [0, 0.05) is 31.0 Å². The maximum Gasteiger partial charge on any atom is 0.220 e. The molecular weight excluding hydrogens is 288 g/mol. The fourth-order valence-corrected chi connectivity index (χ4v) is 4.04. The quantitative estimate of drug-likeness (QED) is 0.878. The predicted molar refractivity (Wildman–Crippen MR) is 89.5 cm³/mol. The van der Waals surface area contributed by atoms with E-state index >= 15 is 0 Å². The molecule has 1 saturated heterocycles. The first-order valence-electron chi connectivity index (χ1n) is 9.05. The van der Waals surface area contributed by atoms with Gasteiger partial charge in [0.25, 0.3) is 0 Å². The van der Waals surface area contributed by atoms with Crippen LogP contribution in [0.15, 0.2) is 18.2 Å². The highest BCUT2D eigenvalue weighted by molar-refractivity contribution is 5.77. The maximum absolute atomic E-state index is 11.8. The van der Waals surface area contributed by atoms with Gasteiger partial charge in [-0.2, -0.15) is 0 Å². The van der Waals surface area contributed by atoms with Gasteiger partial charge < -0.3 is 15.4 Å². The largest absolute Gasteiger partial charge is 0.493 e. The number of carbonyl (C=O) groups is 1. The van der Waals surface area contributed by atoms with Crippen LogP contribution in [0.2, 0.25) is 0 Å². The molecule has 0 radical (unpaired) electrons. The Hall–Kier alpha value is -1.55. The van der Waals surface area contributed by atoms with E-state index in [1.807, 2.05) is 0 Å². The minimum absolute atomic E-state index is 0.225. The van der Waals surface area contributed by atoms with Crippen molar-refractivity contribution in [2.75, 3.05) is 6.61 Å². The molecule has 2 aliphatic heterocycles. The van der Waals surface area contributed by atoms with E-state index in [-0.39, 0.29) is 5.91 Å². The lowest BCUT2D eigenvalue weighted by Gasteiger charge is -2.36. The topological polar surface area (TPSA) is 50.4 Å². The first-order chi connectivity index (χ1) is 11.2. The highest BCUT2D eigenvalue weighted by Crippen LogP contribution is 2.37. The number of rotatable bonds is 5. The molecule has 0 aromatic heterocycles. The van der Waals surface area contributed by atoms with Gasteiger partial charge in [-0.25, -0.2) is 0 Å². The van der Waals surface area contributed by atoms with Crippen LogP contribution in [0.3, 0.4) is 0 Å². The Bertz CT molecular complexity index is 597. The molecule has 1 aromatic carbocycles. The lowest BCUT2D eigenvalue weighted by Crippen LogP contribution is -2.55. The van der Waals surface area contributed by atoms with Crippen molar-refractivity contribution in [3.63, 3.8) is 0 Å². The second-order valence-corrected chi connectivity index (χ2v) is 7.17. The van der Waals surface area contributed by atoms with E-state index in [0.29, 0.717) is 30.5 Å². The molecule has 3 atom stereocenters. The van der Waals surface area contributed by atoms with E-state index in [9.17, 15) is 4.79 Å². The summed E-state index contributed by atoms with van der Waals surface area (Å²) in [5.74, 6) is 1.95. The Morgan fingerprint density at radius 3 is 2.96 bits per heavy atom. The monoisotopic (exact) mass is 314 g/mol. The third-order valence-electron chi connectivity index (χ3n) is 5.51. The smallest absolute Gasteiger partial charge is 0.220 e. The molecule has 3 aliphatic rings. The number of ether oxygens (including phenoxy) is 1. The summed E-state index contributed by atoms with van der Waals surface area (Å²) < 4.78 is 5.62. The zero-order valence-corrected chi connectivity index (χ0v) is 13.8. The van der Waals surface area contributed by atoms with Crippen molar-refractivity contribution in [2.24, 2.45) is 5.92 Å². The van der Waals surface area contributed by atoms with Crippen LogP contribution in [0.4, 0.5) is 0 Å². The molecule has 1 saturated carbocycles. The van der Waals surface area contributed by atoms with E-state index in [1.165, 1.54) is 24.0 Å². The number of hydrogen-bond donors (Lipinski definition) is 2. The standard InChI is InChI=1S/C19H26N2O2/c1-2-15(13-5-7-17-14(11-13)9-10-23-17)20-16-6-8-18(22)21-19(16)12-3-4-12/h5,7,11-12,15-16,19-20H,2-4,6,8-10H2,1H3,(H,21,22)/t15-,16-,19-/m0/s1. The van der Waals surface area contributed by atoms with Crippen LogP contribution in [-0.4, -0.2) is 24.6 Å². The van der Waals surface area contributed by atoms with Crippen LogP contribution in [-0.2, 0) is 11.2 Å². The molecule has 1 amide bonds. The molecule has 4 nitrogen and oxygen atoms in total. The maximum atomic E-state index is 11.8. The highest BCUT2D eigenvalue weighted by atomic mass is 16.5. The number of amides is 1. The van der Waals surface area contributed by atoms with Crippen LogP contribution < -0.4 is 15.4 Å². The lowest BCUT2D eigenvalue weighted by atomic mass is 9.91. The molecule has 124 valence electrons. The van der Waals surface area contributed by atoms with Crippen LogP contribution >= 0.6 is 0 Å². The Morgan fingerprint density at radius 2 is 2.17 bits per heavy atom. The Labute approximate surface area is 138 Å². The summed E-state index contributed by atoms with van der Waals surface area (Å²) in [6.45, 7) is 3.04. The van der Waals surface area contributed by atoms with Gasteiger partial charge in [0.2, 0.25) is 5.91 Å². The first-order valence-corrected chi connectivity index (χ1v) is 9.05. The summed E-state index contributed by atoms with van der Waals surface area (Å²) >= 11 is 0. The minimum Gasteiger partial charge on any atom is -0.493 e. The normalized spacial score (nSPS) is 28.0. The number of fused-ring (bicyclic) bond motifs is 1. The number of piperidine rings is 1. The van der Waals surface area contributed by atoms with E-state index in [1.54, 1.807) is 0 Å². The van der Waals surface area contributed by atoms with Crippen molar-refractivity contribution in [2.45, 2.75) is 63.6 Å². The van der Waals surface area contributed by atoms with Gasteiger partial charge in [0.15, 0.2) is 0 Å². The summed E-state index contributed by atoms with van der Waals surface area (Å²) in [7, 11) is 0. The summed E-state index contributed by atoms with van der Waals surface area (Å²) in [6, 6.07) is 7.68. The van der Waals surface area contributed by atoms with Crippen molar-refractivity contribution in [1.29, 1.82) is 0 Å². The Kier molecular flexibility index (Phi) is 4.02. The van der Waals surface area contributed by atoms with Gasteiger partial charge >= 0.3 is 0 Å². The fourth-order valence-electron chi connectivity index (χ4n) is 4.04. The van der Waals surface area contributed by atoms with Gasteiger partial charge in [-0.05, 0) is 48.8 Å². The SMILES string of the molecule is CC[C@H](N[C@H]1CCC(=O)N[C@H]1C1CC1)c1ccc2c(c1)CCO2. The van der Waals surface area contributed by atoms with E-state index in [4.69, 9.17) is 4.74 Å². The van der Waals surface area contributed by atoms with E-state index in [2.05, 4.69) is 35.8 Å². The highest BCUT2D eigenvalue weighted by Gasteiger charge is 2.40.